The average Bonchev–Trinajstić information content (AvgIpc) is 2.39. The molecule has 0 aromatic rings. The average molecular weight is 258 g/mol. The summed E-state index contributed by atoms with van der Waals surface area (Å²) in [6.07, 6.45) is 0.808. The van der Waals surface area contributed by atoms with Gasteiger partial charge in [-0.05, 0) is 6.92 Å². The lowest BCUT2D eigenvalue weighted by Crippen LogP contribution is -2.41. The minimum absolute atomic E-state index is 0.141. The Kier molecular flexibility index (Phi) is 7.36. The molecule has 1 amide bonds. The molecular formula is C12H22N2O4. The van der Waals surface area contributed by atoms with Crippen LogP contribution in [-0.2, 0) is 19.1 Å². The summed E-state index contributed by atoms with van der Waals surface area (Å²) in [5.74, 6) is -0.0635. The number of rotatable bonds is 7. The van der Waals surface area contributed by atoms with Crippen LogP contribution in [0.4, 0.5) is 0 Å². The summed E-state index contributed by atoms with van der Waals surface area (Å²) in [6, 6.07) is 0. The minimum Gasteiger partial charge on any atom is -0.466 e. The molecule has 0 spiro atoms. The van der Waals surface area contributed by atoms with E-state index in [9.17, 15) is 9.59 Å². The van der Waals surface area contributed by atoms with Gasteiger partial charge in [0.2, 0.25) is 5.91 Å². The highest BCUT2D eigenvalue weighted by Gasteiger charge is 2.15. The molecule has 0 atom stereocenters. The molecule has 1 saturated heterocycles. The molecule has 0 aromatic heterocycles. The van der Waals surface area contributed by atoms with Gasteiger partial charge >= 0.3 is 5.97 Å². The first-order valence-corrected chi connectivity index (χ1v) is 6.46. The molecule has 18 heavy (non-hydrogen) atoms. The number of hydrogen-bond donors (Lipinski definition) is 1. The van der Waals surface area contributed by atoms with E-state index in [1.54, 1.807) is 6.92 Å². The lowest BCUT2D eigenvalue weighted by Gasteiger charge is -2.26. The smallest absolute Gasteiger partial charge is 0.307 e. The largest absolute Gasteiger partial charge is 0.466 e. The highest BCUT2D eigenvalue weighted by molar-refractivity contribution is 5.76. The van der Waals surface area contributed by atoms with Gasteiger partial charge in [-0.1, -0.05) is 0 Å². The molecule has 6 nitrogen and oxygen atoms in total. The van der Waals surface area contributed by atoms with Gasteiger partial charge in [-0.2, -0.15) is 0 Å². The Balaban J connectivity index is 2.00. The Bertz CT molecular complexity index is 265. The highest BCUT2D eigenvalue weighted by atomic mass is 16.5. The lowest BCUT2D eigenvalue weighted by molar-refractivity contribution is -0.142. The SMILES string of the molecule is CCOC(=O)CCNCCC(=O)N1CCOCC1. The van der Waals surface area contributed by atoms with E-state index < -0.39 is 0 Å². The number of esters is 1. The Morgan fingerprint density at radius 2 is 1.89 bits per heavy atom. The first kappa shape index (κ1) is 14.9. The molecule has 1 aliphatic rings. The zero-order valence-electron chi connectivity index (χ0n) is 10.9. The number of carbonyl (C=O) groups is 2. The van der Waals surface area contributed by atoms with E-state index in [4.69, 9.17) is 9.47 Å². The van der Waals surface area contributed by atoms with Crippen LogP contribution in [0.3, 0.4) is 0 Å². The van der Waals surface area contributed by atoms with E-state index >= 15 is 0 Å². The normalized spacial score (nSPS) is 15.5. The summed E-state index contributed by atoms with van der Waals surface area (Å²) in [6.45, 7) is 5.96. The molecule has 0 aliphatic carbocycles. The van der Waals surface area contributed by atoms with Crippen LogP contribution in [-0.4, -0.2) is 62.8 Å². The van der Waals surface area contributed by atoms with Crippen LogP contribution in [0.5, 0.6) is 0 Å². The maximum absolute atomic E-state index is 11.7. The number of nitrogens with one attached hydrogen (secondary N) is 1. The molecule has 1 aliphatic heterocycles. The van der Waals surface area contributed by atoms with Crippen LogP contribution in [0, 0.1) is 0 Å². The summed E-state index contributed by atoms with van der Waals surface area (Å²) in [4.78, 5) is 24.6. The first-order valence-electron chi connectivity index (χ1n) is 6.46. The van der Waals surface area contributed by atoms with Crippen LogP contribution in [0.15, 0.2) is 0 Å². The van der Waals surface area contributed by atoms with E-state index in [2.05, 4.69) is 5.32 Å². The van der Waals surface area contributed by atoms with Crippen molar-refractivity contribution >= 4 is 11.9 Å². The Labute approximate surface area is 108 Å². The predicted molar refractivity (Wildman–Crippen MR) is 66.1 cm³/mol. The van der Waals surface area contributed by atoms with Crippen molar-refractivity contribution in [2.24, 2.45) is 0 Å². The van der Waals surface area contributed by atoms with Gasteiger partial charge in [-0.3, -0.25) is 9.59 Å². The Morgan fingerprint density at radius 3 is 2.56 bits per heavy atom. The summed E-state index contributed by atoms with van der Waals surface area (Å²) >= 11 is 0. The van der Waals surface area contributed by atoms with Gasteiger partial charge in [0.1, 0.15) is 0 Å². The van der Waals surface area contributed by atoms with Crippen molar-refractivity contribution in [3.8, 4) is 0 Å². The number of morpholine rings is 1. The van der Waals surface area contributed by atoms with Crippen molar-refractivity contribution in [2.75, 3.05) is 46.0 Å². The van der Waals surface area contributed by atoms with Crippen molar-refractivity contribution < 1.29 is 19.1 Å². The summed E-state index contributed by atoms with van der Waals surface area (Å²) in [7, 11) is 0. The van der Waals surface area contributed by atoms with Gasteiger partial charge in [0.05, 0.1) is 26.2 Å². The second kappa shape index (κ2) is 8.88. The first-order chi connectivity index (χ1) is 8.74. The molecule has 104 valence electrons. The van der Waals surface area contributed by atoms with E-state index in [1.165, 1.54) is 0 Å². The molecule has 0 radical (unpaired) electrons. The van der Waals surface area contributed by atoms with Crippen molar-refractivity contribution in [3.63, 3.8) is 0 Å². The topological polar surface area (TPSA) is 67.9 Å². The molecule has 0 aromatic carbocycles. The lowest BCUT2D eigenvalue weighted by atomic mass is 10.3. The van der Waals surface area contributed by atoms with Gasteiger partial charge in [0, 0.05) is 32.6 Å². The van der Waals surface area contributed by atoms with Crippen LogP contribution >= 0.6 is 0 Å². The van der Waals surface area contributed by atoms with E-state index in [-0.39, 0.29) is 11.9 Å². The standard InChI is InChI=1S/C12H22N2O4/c1-2-18-12(16)4-6-13-5-3-11(15)14-7-9-17-10-8-14/h13H,2-10H2,1H3. The molecule has 1 N–H and O–H groups in total. The van der Waals surface area contributed by atoms with Crippen LogP contribution < -0.4 is 5.32 Å². The van der Waals surface area contributed by atoms with E-state index in [0.717, 1.165) is 0 Å². The fourth-order valence-corrected chi connectivity index (χ4v) is 1.71. The van der Waals surface area contributed by atoms with Crippen molar-refractivity contribution in [1.82, 2.24) is 10.2 Å². The molecule has 0 bridgehead atoms. The number of hydrogen-bond acceptors (Lipinski definition) is 5. The van der Waals surface area contributed by atoms with Crippen molar-refractivity contribution in [1.29, 1.82) is 0 Å². The monoisotopic (exact) mass is 258 g/mol. The van der Waals surface area contributed by atoms with Gasteiger partial charge in [0.25, 0.3) is 0 Å². The van der Waals surface area contributed by atoms with E-state index in [0.29, 0.717) is 58.8 Å². The predicted octanol–water partition coefficient (Wildman–Crippen LogP) is -0.222. The molecule has 1 fully saturated rings. The van der Waals surface area contributed by atoms with Gasteiger partial charge in [-0.15, -0.1) is 0 Å². The van der Waals surface area contributed by atoms with Crippen LogP contribution in [0.2, 0.25) is 0 Å². The second-order valence-corrected chi connectivity index (χ2v) is 4.05. The maximum atomic E-state index is 11.7. The van der Waals surface area contributed by atoms with Gasteiger partial charge < -0.3 is 19.7 Å². The maximum Gasteiger partial charge on any atom is 0.307 e. The minimum atomic E-state index is -0.204. The molecular weight excluding hydrogens is 236 g/mol. The molecule has 1 rings (SSSR count). The number of carbonyl (C=O) groups excluding carboxylic acids is 2. The van der Waals surface area contributed by atoms with Crippen molar-refractivity contribution in [3.05, 3.63) is 0 Å². The third-order valence-electron chi connectivity index (χ3n) is 2.69. The number of ether oxygens (including phenoxy) is 2. The van der Waals surface area contributed by atoms with Crippen LogP contribution in [0.25, 0.3) is 0 Å². The van der Waals surface area contributed by atoms with Crippen LogP contribution in [0.1, 0.15) is 19.8 Å². The van der Waals surface area contributed by atoms with E-state index in [1.807, 2.05) is 4.90 Å². The fourth-order valence-electron chi connectivity index (χ4n) is 1.71. The van der Waals surface area contributed by atoms with Gasteiger partial charge in [-0.25, -0.2) is 0 Å². The zero-order chi connectivity index (χ0) is 13.2. The quantitative estimate of drug-likeness (QED) is 0.505. The highest BCUT2D eigenvalue weighted by Crippen LogP contribution is 1.99. The third kappa shape index (κ3) is 5.97. The molecule has 6 heteroatoms. The Hall–Kier alpha value is -1.14. The molecule has 1 heterocycles. The summed E-state index contributed by atoms with van der Waals surface area (Å²) in [5, 5.41) is 3.07. The van der Waals surface area contributed by atoms with Gasteiger partial charge in [0.15, 0.2) is 0 Å². The second-order valence-electron chi connectivity index (χ2n) is 4.05. The fraction of sp³-hybridized carbons (Fsp3) is 0.833. The number of nitrogens with zero attached hydrogens (tertiary/aromatic N) is 1. The zero-order valence-corrected chi connectivity index (χ0v) is 10.9. The summed E-state index contributed by atoms with van der Waals surface area (Å²) < 4.78 is 9.98. The summed E-state index contributed by atoms with van der Waals surface area (Å²) in [5.41, 5.74) is 0. The van der Waals surface area contributed by atoms with Crippen molar-refractivity contribution in [2.45, 2.75) is 19.8 Å². The Morgan fingerprint density at radius 1 is 1.22 bits per heavy atom. The molecule has 0 saturated carbocycles. The third-order valence-corrected chi connectivity index (χ3v) is 2.69. The number of amides is 1. The molecule has 0 unspecified atom stereocenters.